The van der Waals surface area contributed by atoms with Gasteiger partial charge in [-0.1, -0.05) is 19.8 Å². The van der Waals surface area contributed by atoms with Gasteiger partial charge in [-0.2, -0.15) is 0 Å². The fourth-order valence-corrected chi connectivity index (χ4v) is 1.79. The number of nitrogens with one attached hydrogen (secondary N) is 1. The largest absolute Gasteiger partial charge is 0.396 e. The van der Waals surface area contributed by atoms with Crippen LogP contribution >= 0.6 is 0 Å². The van der Waals surface area contributed by atoms with Crippen molar-refractivity contribution in [1.82, 2.24) is 5.32 Å². The Morgan fingerprint density at radius 3 is 2.54 bits per heavy atom. The zero-order chi connectivity index (χ0) is 9.52. The molecule has 2 nitrogen and oxygen atoms in total. The van der Waals surface area contributed by atoms with Gasteiger partial charge in [0.15, 0.2) is 0 Å². The second kappa shape index (κ2) is 6.39. The molecular weight excluding hydrogens is 162 g/mol. The molecule has 2 atom stereocenters. The van der Waals surface area contributed by atoms with E-state index in [0.717, 1.165) is 31.3 Å². The van der Waals surface area contributed by atoms with Gasteiger partial charge in [0.25, 0.3) is 0 Å². The molecule has 2 N–H and O–H groups in total. The first kappa shape index (κ1) is 11.0. The van der Waals surface area contributed by atoms with Crippen LogP contribution in [0.25, 0.3) is 0 Å². The van der Waals surface area contributed by atoms with E-state index in [4.69, 9.17) is 5.11 Å². The van der Waals surface area contributed by atoms with Crippen LogP contribution in [-0.4, -0.2) is 24.8 Å². The normalized spacial score (nSPS) is 26.3. The second-order valence-corrected chi connectivity index (χ2v) is 4.30. The van der Waals surface area contributed by atoms with Crippen molar-refractivity contribution in [3.05, 3.63) is 0 Å². The molecule has 1 aliphatic rings. The predicted molar refractivity (Wildman–Crippen MR) is 55.7 cm³/mol. The van der Waals surface area contributed by atoms with Crippen LogP contribution in [0.5, 0.6) is 0 Å². The first-order chi connectivity index (χ1) is 6.34. The number of unbranched alkanes of at least 4 members (excludes halogenated alkanes) is 1. The first-order valence-electron chi connectivity index (χ1n) is 5.66. The summed E-state index contributed by atoms with van der Waals surface area (Å²) in [6.45, 7) is 4.76. The van der Waals surface area contributed by atoms with E-state index in [0.29, 0.717) is 6.61 Å². The lowest BCUT2D eigenvalue weighted by Gasteiger charge is -2.02. The molecule has 78 valence electrons. The van der Waals surface area contributed by atoms with E-state index in [1.807, 2.05) is 0 Å². The highest BCUT2D eigenvalue weighted by Gasteiger charge is 2.31. The Hall–Kier alpha value is -0.0800. The van der Waals surface area contributed by atoms with Gasteiger partial charge in [-0.15, -0.1) is 0 Å². The summed E-state index contributed by atoms with van der Waals surface area (Å²) in [5.74, 6) is 2.07. The van der Waals surface area contributed by atoms with Crippen LogP contribution in [0.3, 0.4) is 0 Å². The summed E-state index contributed by atoms with van der Waals surface area (Å²) in [6, 6.07) is 0. The van der Waals surface area contributed by atoms with Crippen molar-refractivity contribution in [2.24, 2.45) is 11.8 Å². The molecule has 0 bridgehead atoms. The fourth-order valence-electron chi connectivity index (χ4n) is 1.79. The van der Waals surface area contributed by atoms with Crippen molar-refractivity contribution in [3.63, 3.8) is 0 Å². The molecule has 0 saturated heterocycles. The predicted octanol–water partition coefficient (Wildman–Crippen LogP) is 1.78. The van der Waals surface area contributed by atoms with E-state index >= 15 is 0 Å². The molecule has 0 heterocycles. The molecule has 0 aromatic heterocycles. The molecule has 0 aromatic rings. The van der Waals surface area contributed by atoms with Gasteiger partial charge in [0.2, 0.25) is 0 Å². The standard InChI is InChI=1S/C11H23NO/c1-10-9-11(10)5-2-3-6-12-7-4-8-13/h10-13H,2-9H2,1H3. The molecule has 2 heteroatoms. The van der Waals surface area contributed by atoms with Gasteiger partial charge in [0.1, 0.15) is 0 Å². The van der Waals surface area contributed by atoms with Crippen molar-refractivity contribution in [2.45, 2.75) is 39.0 Å². The summed E-state index contributed by atoms with van der Waals surface area (Å²) in [7, 11) is 0. The minimum atomic E-state index is 0.312. The topological polar surface area (TPSA) is 32.3 Å². The number of hydrogen-bond acceptors (Lipinski definition) is 2. The summed E-state index contributed by atoms with van der Waals surface area (Å²) in [4.78, 5) is 0. The minimum absolute atomic E-state index is 0.312. The molecule has 1 fully saturated rings. The maximum absolute atomic E-state index is 8.54. The van der Waals surface area contributed by atoms with E-state index < -0.39 is 0 Å². The van der Waals surface area contributed by atoms with Crippen LogP contribution in [-0.2, 0) is 0 Å². The highest BCUT2D eigenvalue weighted by Crippen LogP contribution is 2.41. The van der Waals surface area contributed by atoms with Gasteiger partial charge in [-0.3, -0.25) is 0 Å². The van der Waals surface area contributed by atoms with Crippen molar-refractivity contribution in [1.29, 1.82) is 0 Å². The summed E-state index contributed by atoms with van der Waals surface area (Å²) in [6.07, 6.45) is 6.47. The Morgan fingerprint density at radius 2 is 1.92 bits per heavy atom. The molecule has 0 spiro atoms. The lowest BCUT2D eigenvalue weighted by Crippen LogP contribution is -2.17. The van der Waals surface area contributed by atoms with Gasteiger partial charge in [-0.05, 0) is 44.2 Å². The third kappa shape index (κ3) is 5.27. The van der Waals surface area contributed by atoms with Crippen LogP contribution in [0.1, 0.15) is 39.0 Å². The van der Waals surface area contributed by atoms with Gasteiger partial charge < -0.3 is 10.4 Å². The summed E-state index contributed by atoms with van der Waals surface area (Å²) in [5, 5.41) is 11.9. The Bertz CT molecular complexity index is 127. The Labute approximate surface area is 81.7 Å². The summed E-state index contributed by atoms with van der Waals surface area (Å²) in [5.41, 5.74) is 0. The number of hydrogen-bond donors (Lipinski definition) is 2. The molecule has 0 radical (unpaired) electrons. The van der Waals surface area contributed by atoms with Gasteiger partial charge in [-0.25, -0.2) is 0 Å². The lowest BCUT2D eigenvalue weighted by atomic mass is 10.1. The van der Waals surface area contributed by atoms with E-state index in [9.17, 15) is 0 Å². The average molecular weight is 185 g/mol. The summed E-state index contributed by atoms with van der Waals surface area (Å²) >= 11 is 0. The highest BCUT2D eigenvalue weighted by molar-refractivity contribution is 4.81. The van der Waals surface area contributed by atoms with Crippen molar-refractivity contribution in [3.8, 4) is 0 Å². The first-order valence-corrected chi connectivity index (χ1v) is 5.66. The van der Waals surface area contributed by atoms with Gasteiger partial charge in [0, 0.05) is 6.61 Å². The van der Waals surface area contributed by atoms with Crippen LogP contribution < -0.4 is 5.32 Å². The smallest absolute Gasteiger partial charge is 0.0443 e. The van der Waals surface area contributed by atoms with Crippen LogP contribution in [0.4, 0.5) is 0 Å². The quantitative estimate of drug-likeness (QED) is 0.565. The fraction of sp³-hybridized carbons (Fsp3) is 1.00. The molecular formula is C11H23NO. The third-order valence-electron chi connectivity index (χ3n) is 2.97. The second-order valence-electron chi connectivity index (χ2n) is 4.30. The maximum Gasteiger partial charge on any atom is 0.0443 e. The van der Waals surface area contributed by atoms with Crippen LogP contribution in [0, 0.1) is 11.8 Å². The maximum atomic E-state index is 8.54. The SMILES string of the molecule is CC1CC1CCCCNCCCO. The molecule has 2 unspecified atom stereocenters. The number of aliphatic hydroxyl groups is 1. The Morgan fingerprint density at radius 1 is 1.23 bits per heavy atom. The zero-order valence-electron chi connectivity index (χ0n) is 8.76. The van der Waals surface area contributed by atoms with Crippen molar-refractivity contribution >= 4 is 0 Å². The van der Waals surface area contributed by atoms with Crippen LogP contribution in [0.15, 0.2) is 0 Å². The highest BCUT2D eigenvalue weighted by atomic mass is 16.3. The van der Waals surface area contributed by atoms with Gasteiger partial charge >= 0.3 is 0 Å². The Kier molecular flexibility index (Phi) is 5.40. The molecule has 1 saturated carbocycles. The monoisotopic (exact) mass is 185 g/mol. The molecule has 0 amide bonds. The van der Waals surface area contributed by atoms with Crippen LogP contribution in [0.2, 0.25) is 0 Å². The molecule has 13 heavy (non-hydrogen) atoms. The minimum Gasteiger partial charge on any atom is -0.396 e. The molecule has 1 rings (SSSR count). The van der Waals surface area contributed by atoms with E-state index in [1.165, 1.54) is 25.7 Å². The lowest BCUT2D eigenvalue weighted by molar-refractivity contribution is 0.286. The van der Waals surface area contributed by atoms with E-state index in [1.54, 1.807) is 0 Å². The molecule has 0 aliphatic heterocycles. The van der Waals surface area contributed by atoms with Crippen molar-refractivity contribution in [2.75, 3.05) is 19.7 Å². The van der Waals surface area contributed by atoms with Gasteiger partial charge in [0.05, 0.1) is 0 Å². The van der Waals surface area contributed by atoms with E-state index in [2.05, 4.69) is 12.2 Å². The average Bonchev–Trinajstić information content (AvgIpc) is 2.81. The number of rotatable bonds is 8. The number of aliphatic hydroxyl groups excluding tert-OH is 1. The van der Waals surface area contributed by atoms with E-state index in [-0.39, 0.29) is 0 Å². The van der Waals surface area contributed by atoms with Crippen molar-refractivity contribution < 1.29 is 5.11 Å². The third-order valence-corrected chi connectivity index (χ3v) is 2.97. The Balaban J connectivity index is 1.69. The molecule has 0 aromatic carbocycles. The zero-order valence-corrected chi connectivity index (χ0v) is 8.76. The molecule has 1 aliphatic carbocycles. The summed E-state index contributed by atoms with van der Waals surface area (Å²) < 4.78 is 0.